The van der Waals surface area contributed by atoms with Gasteiger partial charge >= 0.3 is 6.09 Å². The zero-order valence-corrected chi connectivity index (χ0v) is 24.0. The molecule has 4 rings (SSSR count). The van der Waals surface area contributed by atoms with Crippen LogP contribution in [0.1, 0.15) is 49.9 Å². The van der Waals surface area contributed by atoms with Gasteiger partial charge in [0.2, 0.25) is 0 Å². The number of carbonyl (C=O) groups excluding carboxylic acids is 3. The second-order valence-electron chi connectivity index (χ2n) is 9.49. The third kappa shape index (κ3) is 6.43. The van der Waals surface area contributed by atoms with Crippen LogP contribution in [0, 0.1) is 11.6 Å². The van der Waals surface area contributed by atoms with Gasteiger partial charge in [-0.1, -0.05) is 12.1 Å². The molecule has 40 heavy (non-hydrogen) atoms. The lowest BCUT2D eigenvalue weighted by Crippen LogP contribution is -2.68. The lowest BCUT2D eigenvalue weighted by molar-refractivity contribution is -0.153. The quantitative estimate of drug-likeness (QED) is 0.512. The SMILES string of the molecule is COC(=O)N(C(=O)C1=CNCNC1c1ccc(F)c(F)c1)C(C)(C(C)=O)N1CCC(c2ccccn2)CC1.Cl.Cl. The Morgan fingerprint density at radius 1 is 1.10 bits per heavy atom. The number of nitrogens with zero attached hydrogens (tertiary/aromatic N) is 3. The van der Waals surface area contributed by atoms with E-state index in [1.807, 2.05) is 18.2 Å². The van der Waals surface area contributed by atoms with Gasteiger partial charge in [-0.2, -0.15) is 0 Å². The number of carbonyl (C=O) groups is 3. The van der Waals surface area contributed by atoms with Crippen LogP contribution in [-0.2, 0) is 14.3 Å². The third-order valence-corrected chi connectivity index (χ3v) is 7.38. The Morgan fingerprint density at radius 2 is 1.80 bits per heavy atom. The van der Waals surface area contributed by atoms with Crippen LogP contribution in [0.25, 0.3) is 0 Å². The summed E-state index contributed by atoms with van der Waals surface area (Å²) < 4.78 is 32.6. The fourth-order valence-corrected chi connectivity index (χ4v) is 5.12. The lowest BCUT2D eigenvalue weighted by atomic mass is 9.89. The molecule has 1 aromatic heterocycles. The molecule has 218 valence electrons. The van der Waals surface area contributed by atoms with Crippen molar-refractivity contribution in [2.24, 2.45) is 0 Å². The van der Waals surface area contributed by atoms with Gasteiger partial charge in [-0.3, -0.25) is 24.8 Å². The molecule has 2 atom stereocenters. The fraction of sp³-hybridized carbons (Fsp3) is 0.407. The Hall–Kier alpha value is -3.12. The van der Waals surface area contributed by atoms with Crippen molar-refractivity contribution in [3.05, 3.63) is 77.3 Å². The van der Waals surface area contributed by atoms with Crippen molar-refractivity contribution in [1.29, 1.82) is 0 Å². The van der Waals surface area contributed by atoms with E-state index in [0.29, 0.717) is 25.9 Å². The van der Waals surface area contributed by atoms with Crippen LogP contribution in [0.15, 0.2) is 54.4 Å². The van der Waals surface area contributed by atoms with E-state index in [2.05, 4.69) is 15.6 Å². The van der Waals surface area contributed by atoms with E-state index >= 15 is 0 Å². The maximum Gasteiger partial charge on any atom is 0.418 e. The first kappa shape index (κ1) is 33.1. The van der Waals surface area contributed by atoms with Gasteiger partial charge in [-0.05, 0) is 56.5 Å². The number of aromatic nitrogens is 1. The molecule has 9 nitrogen and oxygen atoms in total. The molecule has 13 heteroatoms. The van der Waals surface area contributed by atoms with Gasteiger partial charge in [0.15, 0.2) is 23.1 Å². The van der Waals surface area contributed by atoms with Gasteiger partial charge in [-0.15, -0.1) is 24.8 Å². The fourth-order valence-electron chi connectivity index (χ4n) is 5.12. The predicted molar refractivity (Wildman–Crippen MR) is 149 cm³/mol. The largest absolute Gasteiger partial charge is 0.452 e. The number of ketones is 1. The van der Waals surface area contributed by atoms with Crippen LogP contribution in [-0.4, -0.2) is 65.1 Å². The number of hydrogen-bond acceptors (Lipinski definition) is 8. The number of benzene rings is 1. The summed E-state index contributed by atoms with van der Waals surface area (Å²) in [4.78, 5) is 47.4. The molecule has 0 radical (unpaired) electrons. The van der Waals surface area contributed by atoms with Crippen molar-refractivity contribution in [1.82, 2.24) is 25.4 Å². The van der Waals surface area contributed by atoms with Crippen molar-refractivity contribution in [3.63, 3.8) is 0 Å². The average Bonchev–Trinajstić information content (AvgIpc) is 2.94. The topological polar surface area (TPSA) is 104 Å². The van der Waals surface area contributed by atoms with Crippen LogP contribution < -0.4 is 10.6 Å². The number of rotatable bonds is 6. The van der Waals surface area contributed by atoms with Gasteiger partial charge in [0.05, 0.1) is 25.4 Å². The Bertz CT molecular complexity index is 1240. The van der Waals surface area contributed by atoms with Crippen molar-refractivity contribution in [2.75, 3.05) is 26.9 Å². The molecule has 2 amide bonds. The molecule has 1 saturated heterocycles. The van der Waals surface area contributed by atoms with Gasteiger partial charge < -0.3 is 10.1 Å². The highest BCUT2D eigenvalue weighted by Gasteiger charge is 2.51. The molecule has 2 aliphatic heterocycles. The van der Waals surface area contributed by atoms with Crippen LogP contribution in [0.3, 0.4) is 0 Å². The van der Waals surface area contributed by atoms with Gasteiger partial charge in [0.1, 0.15) is 0 Å². The summed E-state index contributed by atoms with van der Waals surface area (Å²) in [6.07, 6.45) is 3.49. The number of piperidine rings is 1. The molecular weight excluding hydrogens is 567 g/mol. The van der Waals surface area contributed by atoms with Crippen molar-refractivity contribution < 1.29 is 27.9 Å². The second-order valence-corrected chi connectivity index (χ2v) is 9.49. The zero-order chi connectivity index (χ0) is 27.4. The monoisotopic (exact) mass is 599 g/mol. The molecule has 0 bridgehead atoms. The number of amides is 2. The highest BCUT2D eigenvalue weighted by Crippen LogP contribution is 2.35. The first-order chi connectivity index (χ1) is 18.2. The van der Waals surface area contributed by atoms with Gasteiger partial charge in [0, 0.05) is 37.1 Å². The minimum Gasteiger partial charge on any atom is -0.452 e. The molecule has 0 saturated carbocycles. The Balaban J connectivity index is 0.00000280. The Kier molecular flexibility index (Phi) is 11.6. The molecule has 3 heterocycles. The van der Waals surface area contributed by atoms with E-state index in [1.54, 1.807) is 11.1 Å². The molecule has 1 fully saturated rings. The van der Waals surface area contributed by atoms with Crippen LogP contribution in [0.5, 0.6) is 0 Å². The molecule has 1 aromatic carbocycles. The molecular formula is C27H33Cl2F2N5O4. The van der Waals surface area contributed by atoms with E-state index in [0.717, 1.165) is 29.8 Å². The maximum absolute atomic E-state index is 14.0. The molecule has 2 unspecified atom stereocenters. The van der Waals surface area contributed by atoms with E-state index < -0.39 is 41.1 Å². The third-order valence-electron chi connectivity index (χ3n) is 7.38. The summed E-state index contributed by atoms with van der Waals surface area (Å²) >= 11 is 0. The Morgan fingerprint density at radius 3 is 2.38 bits per heavy atom. The normalized spacial score (nSPS) is 19.0. The number of likely N-dealkylation sites (tertiary alicyclic amines) is 1. The van der Waals surface area contributed by atoms with Crippen molar-refractivity contribution in [3.8, 4) is 0 Å². The van der Waals surface area contributed by atoms with Gasteiger partial charge in [0.25, 0.3) is 5.91 Å². The predicted octanol–water partition coefficient (Wildman–Crippen LogP) is 4.06. The van der Waals surface area contributed by atoms with E-state index in [9.17, 15) is 23.2 Å². The molecule has 0 spiro atoms. The maximum atomic E-state index is 14.0. The minimum atomic E-state index is -1.66. The zero-order valence-electron chi connectivity index (χ0n) is 22.4. The highest BCUT2D eigenvalue weighted by atomic mass is 35.5. The van der Waals surface area contributed by atoms with Crippen molar-refractivity contribution in [2.45, 2.75) is 44.3 Å². The van der Waals surface area contributed by atoms with E-state index in [4.69, 9.17) is 4.74 Å². The number of halogens is 4. The summed E-state index contributed by atoms with van der Waals surface area (Å²) in [5.74, 6) is -3.12. The first-order valence-electron chi connectivity index (χ1n) is 12.4. The average molecular weight is 600 g/mol. The van der Waals surface area contributed by atoms with Crippen LogP contribution in [0.2, 0.25) is 0 Å². The second kappa shape index (κ2) is 14.0. The van der Waals surface area contributed by atoms with Crippen LogP contribution in [0.4, 0.5) is 13.6 Å². The number of methoxy groups -OCH3 is 1. The number of pyridine rings is 1. The molecule has 2 N–H and O–H groups in total. The standard InChI is InChI=1S/C27H31F2N5O4.2ClH/c1-17(35)27(2,33-12-9-18(10-13-33)23-6-4-5-11-31-23)34(26(37)38-3)25(36)20-15-30-16-32-24(20)19-7-8-21(28)22(29)14-19;;/h4-8,11,14-15,18,24,30,32H,9-10,12-13,16H2,1-3H3;2*1H. The number of imide groups is 1. The number of Topliss-reactive ketones (excluding diaryl/α,β-unsaturated/α-hetero) is 1. The van der Waals surface area contributed by atoms with E-state index in [-0.39, 0.29) is 48.5 Å². The van der Waals surface area contributed by atoms with E-state index in [1.165, 1.54) is 26.1 Å². The number of ether oxygens (including phenoxy) is 1. The van der Waals surface area contributed by atoms with Gasteiger partial charge in [-0.25, -0.2) is 18.5 Å². The van der Waals surface area contributed by atoms with Crippen LogP contribution >= 0.6 is 24.8 Å². The highest BCUT2D eigenvalue weighted by molar-refractivity contribution is 6.07. The summed E-state index contributed by atoms with van der Waals surface area (Å²) in [5.41, 5.74) is -0.369. The van der Waals surface area contributed by atoms with Crippen molar-refractivity contribution >= 4 is 42.6 Å². The molecule has 2 aromatic rings. The summed E-state index contributed by atoms with van der Waals surface area (Å²) in [5, 5.41) is 5.93. The number of hydrogen-bond donors (Lipinski definition) is 2. The lowest BCUT2D eigenvalue weighted by Gasteiger charge is -2.48. The summed E-state index contributed by atoms with van der Waals surface area (Å²) in [6, 6.07) is 8.20. The number of nitrogens with one attached hydrogen (secondary N) is 2. The smallest absolute Gasteiger partial charge is 0.418 e. The Labute approximate surface area is 244 Å². The summed E-state index contributed by atoms with van der Waals surface area (Å²) in [6.45, 7) is 3.96. The molecule has 2 aliphatic rings. The minimum absolute atomic E-state index is 0. The molecule has 0 aliphatic carbocycles. The summed E-state index contributed by atoms with van der Waals surface area (Å²) in [7, 11) is 1.13. The first-order valence-corrected chi connectivity index (χ1v) is 12.4.